The molecule has 0 bridgehead atoms. The molecule has 3 aromatic rings. The fraction of sp³-hybridized carbons (Fsp3) is 0.458. The highest BCUT2D eigenvalue weighted by molar-refractivity contribution is 7.89. The molecule has 1 amide bonds. The van der Waals surface area contributed by atoms with Gasteiger partial charge in [0.1, 0.15) is 5.82 Å². The Balaban J connectivity index is 1.49. The molecule has 1 aromatic carbocycles. The summed E-state index contributed by atoms with van der Waals surface area (Å²) < 4.78 is 25.5. The Hall–Kier alpha value is -3.02. The summed E-state index contributed by atoms with van der Waals surface area (Å²) >= 11 is 0. The van der Waals surface area contributed by atoms with E-state index in [9.17, 15) is 13.2 Å². The van der Waals surface area contributed by atoms with E-state index in [0.717, 1.165) is 61.5 Å². The molecule has 2 saturated heterocycles. The van der Waals surface area contributed by atoms with Crippen molar-refractivity contribution in [3.8, 4) is 0 Å². The van der Waals surface area contributed by atoms with Gasteiger partial charge in [-0.15, -0.1) is 0 Å². The standard InChI is InChI=1S/C24H31N7O3S/c1-15-6-7-18(35(26,33)34)11-19(15)24(32)30-9-4-3-5-21(30)20-12-22-27-23(16(2)13-31(22)28-20)29-10-8-17(25)14-29/h6-7,11-13,17,21H,3-5,8-10,14,25H2,1-2H3,(H2,26,33,34). The number of hydrogen-bond acceptors (Lipinski definition) is 7. The molecule has 2 aliphatic heterocycles. The van der Waals surface area contributed by atoms with Gasteiger partial charge in [0, 0.05) is 49.1 Å². The molecule has 2 aliphatic rings. The molecule has 2 aromatic heterocycles. The minimum absolute atomic E-state index is 0.0680. The summed E-state index contributed by atoms with van der Waals surface area (Å²) in [5.41, 5.74) is 9.67. The fourth-order valence-corrected chi connectivity index (χ4v) is 5.67. The summed E-state index contributed by atoms with van der Waals surface area (Å²) in [4.78, 5) is 22.5. The normalized spacial score (nSPS) is 21.1. The maximum absolute atomic E-state index is 13.6. The first kappa shape index (κ1) is 23.7. The number of rotatable bonds is 4. The van der Waals surface area contributed by atoms with Crippen LogP contribution < -0.4 is 15.8 Å². The van der Waals surface area contributed by atoms with Crippen molar-refractivity contribution in [3.63, 3.8) is 0 Å². The molecule has 35 heavy (non-hydrogen) atoms. The Morgan fingerprint density at radius 2 is 1.89 bits per heavy atom. The number of nitrogens with zero attached hydrogens (tertiary/aromatic N) is 5. The second-order valence-corrected chi connectivity index (χ2v) is 11.2. The molecular formula is C24H31N7O3S. The number of sulfonamides is 1. The van der Waals surface area contributed by atoms with Gasteiger partial charge in [-0.25, -0.2) is 23.1 Å². The van der Waals surface area contributed by atoms with Crippen molar-refractivity contribution in [2.24, 2.45) is 10.9 Å². The molecule has 4 heterocycles. The van der Waals surface area contributed by atoms with Gasteiger partial charge in [0.05, 0.1) is 16.6 Å². The number of amides is 1. The van der Waals surface area contributed by atoms with Gasteiger partial charge in [0.25, 0.3) is 5.91 Å². The highest BCUT2D eigenvalue weighted by Crippen LogP contribution is 2.33. The molecule has 11 heteroatoms. The predicted molar refractivity (Wildman–Crippen MR) is 133 cm³/mol. The number of anilines is 1. The molecule has 2 atom stereocenters. The number of likely N-dealkylation sites (tertiary alicyclic amines) is 1. The van der Waals surface area contributed by atoms with Crippen LogP contribution in [0.1, 0.15) is 58.9 Å². The number of benzene rings is 1. The van der Waals surface area contributed by atoms with Crippen molar-refractivity contribution < 1.29 is 13.2 Å². The SMILES string of the molecule is Cc1ccc(S(N)(=O)=O)cc1C(=O)N1CCCCC1c1cc2nc(N3CCC(N)C3)c(C)cn2n1. The van der Waals surface area contributed by atoms with Crippen LogP contribution in [-0.2, 0) is 10.0 Å². The summed E-state index contributed by atoms with van der Waals surface area (Å²) in [5.74, 6) is 0.703. The van der Waals surface area contributed by atoms with Crippen molar-refractivity contribution in [1.29, 1.82) is 0 Å². The number of nitrogens with two attached hydrogens (primary N) is 2. The van der Waals surface area contributed by atoms with E-state index >= 15 is 0 Å². The van der Waals surface area contributed by atoms with Crippen LogP contribution in [0, 0.1) is 13.8 Å². The summed E-state index contributed by atoms with van der Waals surface area (Å²) in [5, 5.41) is 10.1. The molecule has 0 saturated carbocycles. The van der Waals surface area contributed by atoms with Gasteiger partial charge in [-0.3, -0.25) is 4.79 Å². The van der Waals surface area contributed by atoms with Crippen LogP contribution in [0.3, 0.4) is 0 Å². The molecule has 0 radical (unpaired) electrons. The van der Waals surface area contributed by atoms with Crippen molar-refractivity contribution in [2.45, 2.75) is 56.5 Å². The van der Waals surface area contributed by atoms with Crippen LogP contribution in [0.15, 0.2) is 35.4 Å². The smallest absolute Gasteiger partial charge is 0.254 e. The number of carbonyl (C=O) groups excluding carboxylic acids is 1. The molecule has 2 unspecified atom stereocenters. The van der Waals surface area contributed by atoms with Crippen LogP contribution in [0.4, 0.5) is 5.82 Å². The number of carbonyl (C=O) groups is 1. The van der Waals surface area contributed by atoms with Crippen LogP contribution in [0.5, 0.6) is 0 Å². The second kappa shape index (κ2) is 8.89. The van der Waals surface area contributed by atoms with Crippen LogP contribution in [0.2, 0.25) is 0 Å². The van der Waals surface area contributed by atoms with E-state index in [0.29, 0.717) is 17.7 Å². The monoisotopic (exact) mass is 497 g/mol. The Labute approximate surface area is 205 Å². The molecule has 0 aliphatic carbocycles. The minimum atomic E-state index is -3.91. The third-order valence-corrected chi connectivity index (χ3v) is 7.93. The lowest BCUT2D eigenvalue weighted by atomic mass is 9.97. The molecule has 4 N–H and O–H groups in total. The largest absolute Gasteiger partial charge is 0.355 e. The molecule has 186 valence electrons. The average Bonchev–Trinajstić information content (AvgIpc) is 3.43. The number of primary sulfonamides is 1. The van der Waals surface area contributed by atoms with Crippen molar-refractivity contribution in [2.75, 3.05) is 24.5 Å². The number of piperidine rings is 1. The van der Waals surface area contributed by atoms with Gasteiger partial charge in [0.2, 0.25) is 10.0 Å². The van der Waals surface area contributed by atoms with Gasteiger partial charge in [-0.1, -0.05) is 6.07 Å². The highest BCUT2D eigenvalue weighted by atomic mass is 32.2. The fourth-order valence-electron chi connectivity index (χ4n) is 5.13. The van der Waals surface area contributed by atoms with Crippen LogP contribution in [0.25, 0.3) is 5.65 Å². The number of hydrogen-bond donors (Lipinski definition) is 2. The lowest BCUT2D eigenvalue weighted by Crippen LogP contribution is -2.39. The van der Waals surface area contributed by atoms with E-state index in [1.807, 2.05) is 19.2 Å². The third kappa shape index (κ3) is 4.51. The maximum Gasteiger partial charge on any atom is 0.254 e. The minimum Gasteiger partial charge on any atom is -0.355 e. The number of aryl methyl sites for hydroxylation is 2. The van der Waals surface area contributed by atoms with Gasteiger partial charge in [-0.05, 0) is 57.2 Å². The average molecular weight is 498 g/mol. The third-order valence-electron chi connectivity index (χ3n) is 7.02. The molecule has 2 fully saturated rings. The summed E-state index contributed by atoms with van der Waals surface area (Å²) in [7, 11) is -3.91. The topological polar surface area (TPSA) is 140 Å². The zero-order valence-electron chi connectivity index (χ0n) is 20.0. The van der Waals surface area contributed by atoms with E-state index in [1.165, 1.54) is 12.1 Å². The van der Waals surface area contributed by atoms with Gasteiger partial charge >= 0.3 is 0 Å². The highest BCUT2D eigenvalue weighted by Gasteiger charge is 2.32. The first-order valence-corrected chi connectivity index (χ1v) is 13.5. The van der Waals surface area contributed by atoms with Gasteiger partial charge in [-0.2, -0.15) is 5.10 Å². The molecular weight excluding hydrogens is 466 g/mol. The summed E-state index contributed by atoms with van der Waals surface area (Å²) in [6.45, 7) is 6.05. The number of fused-ring (bicyclic) bond motifs is 1. The van der Waals surface area contributed by atoms with Crippen molar-refractivity contribution >= 4 is 27.4 Å². The molecule has 10 nitrogen and oxygen atoms in total. The van der Waals surface area contributed by atoms with E-state index in [1.54, 1.807) is 22.4 Å². The predicted octanol–water partition coefficient (Wildman–Crippen LogP) is 1.90. The lowest BCUT2D eigenvalue weighted by Gasteiger charge is -2.35. The lowest BCUT2D eigenvalue weighted by molar-refractivity contribution is 0.0604. The quantitative estimate of drug-likeness (QED) is 0.561. The first-order valence-electron chi connectivity index (χ1n) is 11.9. The van der Waals surface area contributed by atoms with E-state index in [2.05, 4.69) is 4.90 Å². The van der Waals surface area contributed by atoms with Crippen LogP contribution in [-0.4, -0.2) is 59.5 Å². The first-order chi connectivity index (χ1) is 16.6. The van der Waals surface area contributed by atoms with Gasteiger partial charge in [0.15, 0.2) is 5.65 Å². The summed E-state index contributed by atoms with van der Waals surface area (Å²) in [6.07, 6.45) is 5.54. The number of aromatic nitrogens is 3. The van der Waals surface area contributed by atoms with Crippen LogP contribution >= 0.6 is 0 Å². The van der Waals surface area contributed by atoms with Gasteiger partial charge < -0.3 is 15.5 Å². The zero-order valence-corrected chi connectivity index (χ0v) is 20.8. The summed E-state index contributed by atoms with van der Waals surface area (Å²) in [6, 6.07) is 6.31. The Morgan fingerprint density at radius 3 is 2.60 bits per heavy atom. The molecule has 5 rings (SSSR count). The van der Waals surface area contributed by atoms with E-state index in [-0.39, 0.29) is 22.9 Å². The van der Waals surface area contributed by atoms with Crippen molar-refractivity contribution in [3.05, 3.63) is 52.8 Å². The van der Waals surface area contributed by atoms with Crippen molar-refractivity contribution in [1.82, 2.24) is 19.5 Å². The van der Waals surface area contributed by atoms with E-state index in [4.69, 9.17) is 21.0 Å². The molecule has 0 spiro atoms. The zero-order chi connectivity index (χ0) is 24.9. The Bertz CT molecular complexity index is 1400. The maximum atomic E-state index is 13.6. The second-order valence-electron chi connectivity index (χ2n) is 9.65. The van der Waals surface area contributed by atoms with E-state index < -0.39 is 10.0 Å². The Morgan fingerprint density at radius 1 is 1.09 bits per heavy atom. The Kier molecular flexibility index (Phi) is 6.02.